The second kappa shape index (κ2) is 14.3. The molecule has 1 saturated carbocycles. The van der Waals surface area contributed by atoms with E-state index >= 15 is 0 Å². The van der Waals surface area contributed by atoms with E-state index in [1.165, 1.54) is 89.0 Å². The molecule has 1 aliphatic carbocycles. The molecular formula is C30H45NO. The molecule has 0 radical (unpaired) electrons. The second-order valence-electron chi connectivity index (χ2n) is 9.91. The number of hydrogen-bond donors (Lipinski definition) is 0. The van der Waals surface area contributed by atoms with Gasteiger partial charge in [0.15, 0.2) is 0 Å². The lowest BCUT2D eigenvalue weighted by Gasteiger charge is -2.28. The Hall–Kier alpha value is -1.83. The molecule has 1 aliphatic rings. The second-order valence-corrected chi connectivity index (χ2v) is 9.91. The van der Waals surface area contributed by atoms with Gasteiger partial charge < -0.3 is 4.74 Å². The van der Waals surface area contributed by atoms with Crippen LogP contribution in [0.2, 0.25) is 0 Å². The number of aromatic nitrogens is 1. The molecule has 3 rings (SSSR count). The van der Waals surface area contributed by atoms with Crippen LogP contribution in [0.25, 0.3) is 11.3 Å². The Bertz CT molecular complexity index is 728. The van der Waals surface area contributed by atoms with Gasteiger partial charge in [-0.2, -0.15) is 0 Å². The predicted octanol–water partition coefficient (Wildman–Crippen LogP) is 9.03. The van der Waals surface area contributed by atoms with E-state index in [2.05, 4.69) is 44.3 Å². The van der Waals surface area contributed by atoms with Crippen LogP contribution in [0, 0.1) is 11.8 Å². The fraction of sp³-hybridized carbons (Fsp3) is 0.633. The van der Waals surface area contributed by atoms with Gasteiger partial charge in [0.25, 0.3) is 0 Å². The third-order valence-corrected chi connectivity index (χ3v) is 7.22. The van der Waals surface area contributed by atoms with Crippen molar-refractivity contribution in [3.63, 3.8) is 0 Å². The fourth-order valence-electron chi connectivity index (χ4n) is 5.08. The SMILES string of the molecule is CCCCCCCCC1CCC(CCc2ccc(-c3ccc(OCCC)cc3)nc2)CC1. The van der Waals surface area contributed by atoms with E-state index in [-0.39, 0.29) is 0 Å². The molecule has 32 heavy (non-hydrogen) atoms. The molecule has 1 aromatic heterocycles. The summed E-state index contributed by atoms with van der Waals surface area (Å²) in [6.07, 6.45) is 21.5. The molecule has 176 valence electrons. The monoisotopic (exact) mass is 435 g/mol. The van der Waals surface area contributed by atoms with E-state index in [1.807, 2.05) is 12.1 Å². The van der Waals surface area contributed by atoms with Crippen LogP contribution >= 0.6 is 0 Å². The van der Waals surface area contributed by atoms with Crippen LogP contribution in [-0.4, -0.2) is 11.6 Å². The van der Waals surface area contributed by atoms with Crippen molar-refractivity contribution in [3.8, 4) is 17.0 Å². The summed E-state index contributed by atoms with van der Waals surface area (Å²) < 4.78 is 5.68. The van der Waals surface area contributed by atoms with Crippen molar-refractivity contribution >= 4 is 0 Å². The van der Waals surface area contributed by atoms with E-state index in [4.69, 9.17) is 9.72 Å². The normalized spacial score (nSPS) is 18.6. The van der Waals surface area contributed by atoms with Crippen molar-refractivity contribution in [1.29, 1.82) is 0 Å². The van der Waals surface area contributed by atoms with Crippen LogP contribution < -0.4 is 4.74 Å². The van der Waals surface area contributed by atoms with Gasteiger partial charge in [0.2, 0.25) is 0 Å². The summed E-state index contributed by atoms with van der Waals surface area (Å²) in [5, 5.41) is 0. The molecule has 1 aromatic carbocycles. The highest BCUT2D eigenvalue weighted by molar-refractivity contribution is 5.60. The van der Waals surface area contributed by atoms with Crippen molar-refractivity contribution in [2.75, 3.05) is 6.61 Å². The highest BCUT2D eigenvalue weighted by Gasteiger charge is 2.20. The molecule has 2 heteroatoms. The standard InChI is InChI=1S/C30H45NO/c1-3-5-6-7-8-9-10-25-11-13-26(14-12-25)15-16-27-17-22-30(31-24-27)28-18-20-29(21-19-28)32-23-4-2/h17-22,24-26H,3-16,23H2,1-2H3. The van der Waals surface area contributed by atoms with Crippen molar-refractivity contribution in [2.24, 2.45) is 11.8 Å². The molecule has 1 fully saturated rings. The molecule has 2 nitrogen and oxygen atoms in total. The zero-order valence-electron chi connectivity index (χ0n) is 20.7. The number of benzene rings is 1. The Morgan fingerprint density at radius 3 is 2.09 bits per heavy atom. The van der Waals surface area contributed by atoms with Gasteiger partial charge in [-0.3, -0.25) is 4.98 Å². The maximum Gasteiger partial charge on any atom is 0.119 e. The Kier molecular flexibility index (Phi) is 11.1. The van der Waals surface area contributed by atoms with Crippen LogP contribution in [0.5, 0.6) is 5.75 Å². The van der Waals surface area contributed by atoms with Crippen molar-refractivity contribution in [1.82, 2.24) is 4.98 Å². The van der Waals surface area contributed by atoms with Crippen LogP contribution in [-0.2, 0) is 6.42 Å². The first kappa shape index (κ1) is 24.8. The summed E-state index contributed by atoms with van der Waals surface area (Å²) >= 11 is 0. The average molecular weight is 436 g/mol. The number of pyridine rings is 1. The minimum absolute atomic E-state index is 0.771. The summed E-state index contributed by atoms with van der Waals surface area (Å²) in [5.41, 5.74) is 3.58. The quantitative estimate of drug-likeness (QED) is 0.276. The molecule has 0 unspecified atom stereocenters. The van der Waals surface area contributed by atoms with E-state index in [0.717, 1.165) is 41.9 Å². The molecule has 0 N–H and O–H groups in total. The third-order valence-electron chi connectivity index (χ3n) is 7.22. The summed E-state index contributed by atoms with van der Waals surface area (Å²) in [4.78, 5) is 4.74. The van der Waals surface area contributed by atoms with E-state index in [0.29, 0.717) is 0 Å². The number of unbranched alkanes of at least 4 members (excludes halogenated alkanes) is 5. The van der Waals surface area contributed by atoms with Crippen LogP contribution in [0.4, 0.5) is 0 Å². The minimum Gasteiger partial charge on any atom is -0.494 e. The highest BCUT2D eigenvalue weighted by atomic mass is 16.5. The fourth-order valence-corrected chi connectivity index (χ4v) is 5.08. The van der Waals surface area contributed by atoms with Crippen molar-refractivity contribution in [3.05, 3.63) is 48.2 Å². The average Bonchev–Trinajstić information content (AvgIpc) is 2.85. The van der Waals surface area contributed by atoms with Gasteiger partial charge in [-0.1, -0.05) is 90.5 Å². The van der Waals surface area contributed by atoms with Gasteiger partial charge in [0.05, 0.1) is 12.3 Å². The molecule has 0 aliphatic heterocycles. The summed E-state index contributed by atoms with van der Waals surface area (Å²) in [6.45, 7) is 5.20. The maximum absolute atomic E-state index is 5.68. The van der Waals surface area contributed by atoms with Crippen LogP contribution in [0.15, 0.2) is 42.6 Å². The Morgan fingerprint density at radius 1 is 0.750 bits per heavy atom. The molecule has 0 bridgehead atoms. The molecule has 0 spiro atoms. The Balaban J connectivity index is 1.33. The van der Waals surface area contributed by atoms with Crippen molar-refractivity contribution in [2.45, 2.75) is 104 Å². The Morgan fingerprint density at radius 2 is 1.44 bits per heavy atom. The zero-order valence-corrected chi connectivity index (χ0v) is 20.7. The first-order chi connectivity index (χ1) is 15.8. The first-order valence-electron chi connectivity index (χ1n) is 13.5. The van der Waals surface area contributed by atoms with Gasteiger partial charge in [0.1, 0.15) is 5.75 Å². The van der Waals surface area contributed by atoms with Gasteiger partial charge >= 0.3 is 0 Å². The maximum atomic E-state index is 5.68. The number of nitrogens with zero attached hydrogens (tertiary/aromatic N) is 1. The molecule has 0 atom stereocenters. The molecular weight excluding hydrogens is 390 g/mol. The van der Waals surface area contributed by atoms with Crippen molar-refractivity contribution < 1.29 is 4.74 Å². The highest BCUT2D eigenvalue weighted by Crippen LogP contribution is 2.34. The summed E-state index contributed by atoms with van der Waals surface area (Å²) in [6, 6.07) is 12.8. The molecule has 2 aromatic rings. The number of aryl methyl sites for hydroxylation is 1. The van der Waals surface area contributed by atoms with E-state index in [9.17, 15) is 0 Å². The topological polar surface area (TPSA) is 22.1 Å². The van der Waals surface area contributed by atoms with Gasteiger partial charge in [0, 0.05) is 11.8 Å². The van der Waals surface area contributed by atoms with Gasteiger partial charge in [-0.05, 0) is 67.0 Å². The molecule has 1 heterocycles. The van der Waals surface area contributed by atoms with Crippen LogP contribution in [0.1, 0.15) is 103 Å². The van der Waals surface area contributed by atoms with E-state index < -0.39 is 0 Å². The Labute approximate surface area is 197 Å². The van der Waals surface area contributed by atoms with Crippen LogP contribution in [0.3, 0.4) is 0 Å². The number of rotatable bonds is 14. The van der Waals surface area contributed by atoms with Gasteiger partial charge in [-0.25, -0.2) is 0 Å². The number of hydrogen-bond acceptors (Lipinski definition) is 2. The predicted molar refractivity (Wildman–Crippen MR) is 137 cm³/mol. The van der Waals surface area contributed by atoms with Gasteiger partial charge in [-0.15, -0.1) is 0 Å². The molecule has 0 amide bonds. The first-order valence-corrected chi connectivity index (χ1v) is 13.5. The van der Waals surface area contributed by atoms with E-state index in [1.54, 1.807) is 0 Å². The largest absolute Gasteiger partial charge is 0.494 e. The summed E-state index contributed by atoms with van der Waals surface area (Å²) in [7, 11) is 0. The lowest BCUT2D eigenvalue weighted by Crippen LogP contribution is -2.15. The smallest absolute Gasteiger partial charge is 0.119 e. The lowest BCUT2D eigenvalue weighted by atomic mass is 9.78. The third kappa shape index (κ3) is 8.60. The number of ether oxygens (including phenoxy) is 1. The molecule has 0 saturated heterocycles. The minimum atomic E-state index is 0.771. The zero-order chi connectivity index (χ0) is 22.4. The lowest BCUT2D eigenvalue weighted by molar-refractivity contribution is 0.248. The summed E-state index contributed by atoms with van der Waals surface area (Å²) in [5.74, 6) is 2.87.